The first-order valence-corrected chi connectivity index (χ1v) is 9.38. The van der Waals surface area contributed by atoms with Gasteiger partial charge in [0, 0.05) is 25.2 Å². The molecule has 118 valence electrons. The Morgan fingerprint density at radius 1 is 0.750 bits per heavy atom. The van der Waals surface area contributed by atoms with Gasteiger partial charge < -0.3 is 5.32 Å². The van der Waals surface area contributed by atoms with Crippen molar-refractivity contribution in [3.8, 4) is 0 Å². The summed E-state index contributed by atoms with van der Waals surface area (Å²) < 4.78 is 0. The van der Waals surface area contributed by atoms with Crippen molar-refractivity contribution >= 4 is 0 Å². The average molecular weight is 280 g/mol. The van der Waals surface area contributed by atoms with E-state index in [2.05, 4.69) is 17.1 Å². The van der Waals surface area contributed by atoms with Crippen LogP contribution in [0.4, 0.5) is 0 Å². The summed E-state index contributed by atoms with van der Waals surface area (Å²) in [5.41, 5.74) is 0. The molecule has 0 aromatic heterocycles. The molecule has 2 fully saturated rings. The van der Waals surface area contributed by atoms with Crippen LogP contribution in [0.2, 0.25) is 0 Å². The minimum Gasteiger partial charge on any atom is -0.314 e. The maximum Gasteiger partial charge on any atom is 0.0348 e. The molecule has 0 radical (unpaired) electrons. The minimum absolute atomic E-state index is 0.841. The monoisotopic (exact) mass is 280 g/mol. The van der Waals surface area contributed by atoms with Gasteiger partial charge in [-0.3, -0.25) is 4.90 Å². The lowest BCUT2D eigenvalue weighted by Gasteiger charge is -2.43. The Morgan fingerprint density at radius 3 is 1.65 bits per heavy atom. The van der Waals surface area contributed by atoms with E-state index in [1.807, 2.05) is 0 Å². The van der Waals surface area contributed by atoms with Gasteiger partial charge in [0.25, 0.3) is 0 Å². The van der Waals surface area contributed by atoms with Gasteiger partial charge >= 0.3 is 0 Å². The smallest absolute Gasteiger partial charge is 0.0348 e. The molecule has 1 aliphatic heterocycles. The van der Waals surface area contributed by atoms with Gasteiger partial charge in [-0.15, -0.1) is 0 Å². The number of hydrogen-bond donors (Lipinski definition) is 1. The van der Waals surface area contributed by atoms with Gasteiger partial charge in [0.1, 0.15) is 0 Å². The standard InChI is InChI=1S/C18H36N2/c1-2-14-20(18-15-19-16-18)17-12-10-8-6-4-3-5-7-9-11-13-17/h17-19H,2-16H2,1H3. The van der Waals surface area contributed by atoms with Crippen molar-refractivity contribution < 1.29 is 0 Å². The zero-order chi connectivity index (χ0) is 14.0. The Morgan fingerprint density at radius 2 is 1.25 bits per heavy atom. The second-order valence-electron chi connectivity index (χ2n) is 6.96. The Labute approximate surface area is 126 Å². The Balaban J connectivity index is 1.85. The fourth-order valence-corrected chi connectivity index (χ4v) is 3.90. The average Bonchev–Trinajstić information content (AvgIpc) is 2.37. The highest BCUT2D eigenvalue weighted by Crippen LogP contribution is 2.23. The predicted molar refractivity (Wildman–Crippen MR) is 88.2 cm³/mol. The molecule has 1 saturated heterocycles. The van der Waals surface area contributed by atoms with Crippen LogP contribution in [0.3, 0.4) is 0 Å². The SMILES string of the molecule is CCCN(C1CCCCCCCCCCC1)C1CNC1. The summed E-state index contributed by atoms with van der Waals surface area (Å²) in [5.74, 6) is 0. The number of nitrogens with zero attached hydrogens (tertiary/aromatic N) is 1. The third-order valence-electron chi connectivity index (χ3n) is 5.25. The maximum atomic E-state index is 3.47. The van der Waals surface area contributed by atoms with Crippen molar-refractivity contribution in [2.75, 3.05) is 19.6 Å². The van der Waals surface area contributed by atoms with Gasteiger partial charge in [-0.25, -0.2) is 0 Å². The molecular formula is C18H36N2. The fourth-order valence-electron chi connectivity index (χ4n) is 3.90. The van der Waals surface area contributed by atoms with Crippen molar-refractivity contribution in [2.24, 2.45) is 0 Å². The molecule has 0 aromatic carbocycles. The van der Waals surface area contributed by atoms with Crippen molar-refractivity contribution in [3.63, 3.8) is 0 Å². The van der Waals surface area contributed by atoms with Crippen molar-refractivity contribution in [1.29, 1.82) is 0 Å². The molecule has 0 spiro atoms. The summed E-state index contributed by atoms with van der Waals surface area (Å²) in [6.07, 6.45) is 17.5. The van der Waals surface area contributed by atoms with E-state index >= 15 is 0 Å². The summed E-state index contributed by atoms with van der Waals surface area (Å²) in [6, 6.07) is 1.72. The van der Waals surface area contributed by atoms with Crippen LogP contribution in [0.5, 0.6) is 0 Å². The highest BCUT2D eigenvalue weighted by Gasteiger charge is 2.29. The molecule has 0 bridgehead atoms. The van der Waals surface area contributed by atoms with Crippen LogP contribution in [0.25, 0.3) is 0 Å². The van der Waals surface area contributed by atoms with Gasteiger partial charge in [0.15, 0.2) is 0 Å². The molecule has 1 N–H and O–H groups in total. The summed E-state index contributed by atoms with van der Waals surface area (Å²) in [5, 5.41) is 3.47. The number of rotatable bonds is 4. The van der Waals surface area contributed by atoms with E-state index in [4.69, 9.17) is 0 Å². The van der Waals surface area contributed by atoms with Crippen molar-refractivity contribution in [1.82, 2.24) is 10.2 Å². The zero-order valence-electron chi connectivity index (χ0n) is 13.7. The zero-order valence-corrected chi connectivity index (χ0v) is 13.7. The third kappa shape index (κ3) is 5.37. The molecular weight excluding hydrogens is 244 g/mol. The molecule has 1 heterocycles. The first-order valence-electron chi connectivity index (χ1n) is 9.38. The van der Waals surface area contributed by atoms with Gasteiger partial charge in [-0.1, -0.05) is 64.7 Å². The Kier molecular flexibility index (Phi) is 7.97. The topological polar surface area (TPSA) is 15.3 Å². The van der Waals surface area contributed by atoms with E-state index in [0.717, 1.165) is 12.1 Å². The third-order valence-corrected chi connectivity index (χ3v) is 5.25. The van der Waals surface area contributed by atoms with Crippen molar-refractivity contribution in [2.45, 2.75) is 96.1 Å². The van der Waals surface area contributed by atoms with Crippen LogP contribution in [-0.2, 0) is 0 Å². The number of hydrogen-bond acceptors (Lipinski definition) is 2. The highest BCUT2D eigenvalue weighted by molar-refractivity contribution is 4.88. The van der Waals surface area contributed by atoms with E-state index in [0.29, 0.717) is 0 Å². The molecule has 2 aliphatic rings. The van der Waals surface area contributed by atoms with E-state index < -0.39 is 0 Å². The molecule has 2 rings (SSSR count). The normalized spacial score (nSPS) is 24.9. The fraction of sp³-hybridized carbons (Fsp3) is 1.00. The van der Waals surface area contributed by atoms with Crippen LogP contribution >= 0.6 is 0 Å². The molecule has 0 unspecified atom stereocenters. The van der Waals surface area contributed by atoms with Crippen LogP contribution < -0.4 is 5.32 Å². The lowest BCUT2D eigenvalue weighted by Crippen LogP contribution is -2.60. The molecule has 1 aliphatic carbocycles. The molecule has 0 amide bonds. The van der Waals surface area contributed by atoms with E-state index in [9.17, 15) is 0 Å². The summed E-state index contributed by atoms with van der Waals surface area (Å²) in [7, 11) is 0. The first-order chi connectivity index (χ1) is 9.92. The van der Waals surface area contributed by atoms with Gasteiger partial charge in [-0.05, 0) is 25.8 Å². The van der Waals surface area contributed by atoms with E-state index in [1.54, 1.807) is 0 Å². The van der Waals surface area contributed by atoms with Crippen LogP contribution in [0.1, 0.15) is 84.0 Å². The molecule has 0 aromatic rings. The molecule has 2 heteroatoms. The van der Waals surface area contributed by atoms with Gasteiger partial charge in [0.2, 0.25) is 0 Å². The summed E-state index contributed by atoms with van der Waals surface area (Å²) >= 11 is 0. The first kappa shape index (κ1) is 16.3. The quantitative estimate of drug-likeness (QED) is 0.824. The lowest BCUT2D eigenvalue weighted by molar-refractivity contribution is 0.0811. The summed E-state index contributed by atoms with van der Waals surface area (Å²) in [4.78, 5) is 2.86. The Bertz CT molecular complexity index is 226. The molecule has 0 atom stereocenters. The Hall–Kier alpha value is -0.0800. The summed E-state index contributed by atoms with van der Waals surface area (Å²) in [6.45, 7) is 6.12. The van der Waals surface area contributed by atoms with E-state index in [1.165, 1.54) is 96.7 Å². The van der Waals surface area contributed by atoms with Crippen LogP contribution in [-0.4, -0.2) is 36.6 Å². The second-order valence-corrected chi connectivity index (χ2v) is 6.96. The largest absolute Gasteiger partial charge is 0.314 e. The lowest BCUT2D eigenvalue weighted by atomic mass is 9.95. The second kappa shape index (κ2) is 9.78. The van der Waals surface area contributed by atoms with E-state index in [-0.39, 0.29) is 0 Å². The maximum absolute atomic E-state index is 3.47. The molecule has 20 heavy (non-hydrogen) atoms. The van der Waals surface area contributed by atoms with Crippen LogP contribution in [0, 0.1) is 0 Å². The van der Waals surface area contributed by atoms with Gasteiger partial charge in [0.05, 0.1) is 0 Å². The molecule has 2 nitrogen and oxygen atoms in total. The highest BCUT2D eigenvalue weighted by atomic mass is 15.3. The number of nitrogens with one attached hydrogen (secondary N) is 1. The molecule has 1 saturated carbocycles. The minimum atomic E-state index is 0.841. The van der Waals surface area contributed by atoms with Crippen molar-refractivity contribution in [3.05, 3.63) is 0 Å². The van der Waals surface area contributed by atoms with Crippen LogP contribution in [0.15, 0.2) is 0 Å². The predicted octanol–water partition coefficient (Wildman–Crippen LogP) is 4.34. The van der Waals surface area contributed by atoms with Gasteiger partial charge in [-0.2, -0.15) is 0 Å².